The van der Waals surface area contributed by atoms with Crippen LogP contribution in [-0.2, 0) is 5.41 Å². The lowest BCUT2D eigenvalue weighted by atomic mass is 9.81. The summed E-state index contributed by atoms with van der Waals surface area (Å²) in [5.74, 6) is 0. The van der Waals surface area contributed by atoms with Crippen molar-refractivity contribution in [2.75, 3.05) is 4.90 Å². The molecule has 0 unspecified atom stereocenters. The molecule has 266 valence electrons. The van der Waals surface area contributed by atoms with Crippen LogP contribution >= 0.6 is 0 Å². The van der Waals surface area contributed by atoms with E-state index in [0.29, 0.717) is 0 Å². The average molecular weight is 716 g/mol. The minimum atomic E-state index is -0.156. The van der Waals surface area contributed by atoms with E-state index in [1.165, 1.54) is 77.5 Å². The molecule has 0 heterocycles. The van der Waals surface area contributed by atoms with Gasteiger partial charge in [0.1, 0.15) is 0 Å². The van der Waals surface area contributed by atoms with Crippen LogP contribution in [0.1, 0.15) is 25.0 Å². The third-order valence-electron chi connectivity index (χ3n) is 11.6. The Morgan fingerprint density at radius 2 is 0.893 bits per heavy atom. The predicted molar refractivity (Wildman–Crippen MR) is 238 cm³/mol. The van der Waals surface area contributed by atoms with Gasteiger partial charge in [0.2, 0.25) is 0 Å². The molecule has 0 amide bonds. The Morgan fingerprint density at radius 1 is 0.321 bits per heavy atom. The Labute approximate surface area is 329 Å². The van der Waals surface area contributed by atoms with Gasteiger partial charge in [0.25, 0.3) is 0 Å². The number of anilines is 3. The molecule has 0 spiro atoms. The lowest BCUT2D eigenvalue weighted by molar-refractivity contribution is 0.660. The number of rotatable bonds is 7. The lowest BCUT2D eigenvalue weighted by Crippen LogP contribution is -2.16. The third-order valence-corrected chi connectivity index (χ3v) is 11.6. The van der Waals surface area contributed by atoms with Gasteiger partial charge in [0.05, 0.1) is 0 Å². The molecule has 0 bridgehead atoms. The number of hydrogen-bond acceptors (Lipinski definition) is 1. The molecule has 1 nitrogen and oxygen atoms in total. The largest absolute Gasteiger partial charge is 0.310 e. The van der Waals surface area contributed by atoms with Gasteiger partial charge in [0, 0.05) is 22.5 Å². The van der Waals surface area contributed by atoms with Gasteiger partial charge in [-0.2, -0.15) is 0 Å². The molecule has 0 fully saturated rings. The van der Waals surface area contributed by atoms with Crippen molar-refractivity contribution in [2.45, 2.75) is 19.3 Å². The maximum absolute atomic E-state index is 2.43. The molecule has 0 aromatic heterocycles. The number of fused-ring (bicyclic) bond motifs is 4. The van der Waals surface area contributed by atoms with Crippen molar-refractivity contribution >= 4 is 27.8 Å². The van der Waals surface area contributed by atoms with Gasteiger partial charge in [-0.15, -0.1) is 0 Å². The van der Waals surface area contributed by atoms with Gasteiger partial charge in [-0.25, -0.2) is 0 Å². The van der Waals surface area contributed by atoms with Crippen LogP contribution in [0.2, 0.25) is 0 Å². The standard InChI is InChI=1S/C55H41N/c1-55(2)52-27-15-26-49(40-18-8-4-9-19-40)54(52)50-33-32-47(37-53(50)55)56(45-22-10-5-11-23-45)46-24-14-21-42(35-46)44-34-43-20-12-13-25-48(43)51(36-44)41-30-28-39(29-31-41)38-16-6-3-7-17-38/h3-37H,1-2H3. The van der Waals surface area contributed by atoms with Crippen molar-refractivity contribution in [3.8, 4) is 55.6 Å². The normalized spacial score (nSPS) is 12.6. The first-order chi connectivity index (χ1) is 27.5. The first-order valence-corrected chi connectivity index (χ1v) is 19.5. The highest BCUT2D eigenvalue weighted by Crippen LogP contribution is 2.53. The molecule has 0 radical (unpaired) electrons. The predicted octanol–water partition coefficient (Wildman–Crippen LogP) is 15.3. The molecule has 9 aromatic rings. The Balaban J connectivity index is 1.08. The van der Waals surface area contributed by atoms with E-state index in [1.54, 1.807) is 0 Å². The van der Waals surface area contributed by atoms with Crippen molar-refractivity contribution in [1.82, 2.24) is 0 Å². The molecule has 0 saturated carbocycles. The summed E-state index contributed by atoms with van der Waals surface area (Å²) in [4.78, 5) is 2.41. The summed E-state index contributed by atoms with van der Waals surface area (Å²) < 4.78 is 0. The van der Waals surface area contributed by atoms with Gasteiger partial charge in [-0.05, 0) is 126 Å². The lowest BCUT2D eigenvalue weighted by Gasteiger charge is -2.28. The van der Waals surface area contributed by atoms with Crippen LogP contribution in [0.5, 0.6) is 0 Å². The van der Waals surface area contributed by atoms with Gasteiger partial charge >= 0.3 is 0 Å². The van der Waals surface area contributed by atoms with Crippen LogP contribution in [0, 0.1) is 0 Å². The van der Waals surface area contributed by atoms with E-state index >= 15 is 0 Å². The molecular formula is C55H41N. The fraction of sp³-hybridized carbons (Fsp3) is 0.0545. The second-order valence-corrected chi connectivity index (χ2v) is 15.4. The Hall–Kier alpha value is -6.96. The van der Waals surface area contributed by atoms with E-state index in [4.69, 9.17) is 0 Å². The molecule has 0 aliphatic heterocycles. The third kappa shape index (κ3) is 5.81. The van der Waals surface area contributed by atoms with Crippen molar-refractivity contribution < 1.29 is 0 Å². The molecular weight excluding hydrogens is 675 g/mol. The van der Waals surface area contributed by atoms with Crippen LogP contribution in [-0.4, -0.2) is 0 Å². The monoisotopic (exact) mass is 715 g/mol. The maximum atomic E-state index is 2.43. The van der Waals surface area contributed by atoms with E-state index in [9.17, 15) is 0 Å². The fourth-order valence-electron chi connectivity index (χ4n) is 8.81. The van der Waals surface area contributed by atoms with Crippen LogP contribution in [0.25, 0.3) is 66.4 Å². The molecule has 1 aliphatic rings. The molecule has 1 heteroatoms. The van der Waals surface area contributed by atoms with Crippen LogP contribution in [0.15, 0.2) is 212 Å². The van der Waals surface area contributed by atoms with Crippen LogP contribution < -0.4 is 4.90 Å². The SMILES string of the molecule is CC1(C)c2cc(N(c3ccccc3)c3cccc(-c4cc(-c5ccc(-c6ccccc6)cc5)c5ccccc5c4)c3)ccc2-c2c(-c3ccccc3)cccc21. The van der Waals surface area contributed by atoms with Gasteiger partial charge in [-0.3, -0.25) is 0 Å². The summed E-state index contributed by atoms with van der Waals surface area (Å²) in [6.07, 6.45) is 0. The number of nitrogens with zero attached hydrogens (tertiary/aromatic N) is 1. The topological polar surface area (TPSA) is 3.24 Å². The zero-order chi connectivity index (χ0) is 37.6. The molecule has 0 atom stereocenters. The van der Waals surface area contributed by atoms with Gasteiger partial charge in [-0.1, -0.05) is 178 Å². The Kier molecular flexibility index (Phi) is 8.23. The smallest absolute Gasteiger partial charge is 0.0467 e. The van der Waals surface area contributed by atoms with E-state index in [2.05, 4.69) is 231 Å². The van der Waals surface area contributed by atoms with Crippen molar-refractivity contribution in [3.63, 3.8) is 0 Å². The van der Waals surface area contributed by atoms with E-state index in [1.807, 2.05) is 0 Å². The Bertz CT molecular complexity index is 2850. The summed E-state index contributed by atoms with van der Waals surface area (Å²) in [5, 5.41) is 2.48. The second kappa shape index (κ2) is 13.7. The van der Waals surface area contributed by atoms with E-state index in [-0.39, 0.29) is 5.41 Å². The van der Waals surface area contributed by atoms with E-state index < -0.39 is 0 Å². The number of benzene rings is 9. The zero-order valence-corrected chi connectivity index (χ0v) is 31.7. The second-order valence-electron chi connectivity index (χ2n) is 15.4. The average Bonchev–Trinajstić information content (AvgIpc) is 3.50. The van der Waals surface area contributed by atoms with Gasteiger partial charge < -0.3 is 4.90 Å². The molecule has 0 saturated heterocycles. The molecule has 1 aliphatic carbocycles. The summed E-state index contributed by atoms with van der Waals surface area (Å²) >= 11 is 0. The minimum Gasteiger partial charge on any atom is -0.310 e. The Morgan fingerprint density at radius 3 is 1.66 bits per heavy atom. The molecule has 56 heavy (non-hydrogen) atoms. The highest BCUT2D eigenvalue weighted by Gasteiger charge is 2.37. The minimum absolute atomic E-state index is 0.156. The summed E-state index contributed by atoms with van der Waals surface area (Å²) in [7, 11) is 0. The molecule has 10 rings (SSSR count). The van der Waals surface area contributed by atoms with Crippen molar-refractivity contribution in [1.29, 1.82) is 0 Å². The fourth-order valence-corrected chi connectivity index (χ4v) is 8.81. The van der Waals surface area contributed by atoms with Crippen LogP contribution in [0.4, 0.5) is 17.1 Å². The zero-order valence-electron chi connectivity index (χ0n) is 31.7. The first-order valence-electron chi connectivity index (χ1n) is 19.5. The van der Waals surface area contributed by atoms with E-state index in [0.717, 1.165) is 17.1 Å². The highest BCUT2D eigenvalue weighted by molar-refractivity contribution is 6.01. The quantitative estimate of drug-likeness (QED) is 0.159. The first kappa shape index (κ1) is 33.6. The summed E-state index contributed by atoms with van der Waals surface area (Å²) in [6, 6.07) is 77.5. The summed E-state index contributed by atoms with van der Waals surface area (Å²) in [5.41, 5.74) is 18.4. The molecule has 9 aromatic carbocycles. The van der Waals surface area contributed by atoms with Crippen molar-refractivity contribution in [2.24, 2.45) is 0 Å². The summed E-state index contributed by atoms with van der Waals surface area (Å²) in [6.45, 7) is 4.74. The van der Waals surface area contributed by atoms with Gasteiger partial charge in [0.15, 0.2) is 0 Å². The number of hydrogen-bond donors (Lipinski definition) is 0. The molecule has 0 N–H and O–H groups in total. The number of para-hydroxylation sites is 1. The van der Waals surface area contributed by atoms with Crippen LogP contribution in [0.3, 0.4) is 0 Å². The highest BCUT2D eigenvalue weighted by atomic mass is 15.1. The van der Waals surface area contributed by atoms with Crippen molar-refractivity contribution in [3.05, 3.63) is 223 Å². The maximum Gasteiger partial charge on any atom is 0.0467 e.